The fourth-order valence-corrected chi connectivity index (χ4v) is 2.03. The van der Waals surface area contributed by atoms with Crippen LogP contribution in [-0.4, -0.2) is 30.7 Å². The van der Waals surface area contributed by atoms with Crippen LogP contribution >= 0.6 is 0 Å². The predicted molar refractivity (Wildman–Crippen MR) is 67.6 cm³/mol. The van der Waals surface area contributed by atoms with Gasteiger partial charge in [0, 0.05) is 19.2 Å². The van der Waals surface area contributed by atoms with Crippen molar-refractivity contribution in [3.63, 3.8) is 0 Å². The van der Waals surface area contributed by atoms with Gasteiger partial charge in [-0.1, -0.05) is 0 Å². The van der Waals surface area contributed by atoms with Gasteiger partial charge in [-0.25, -0.2) is 4.98 Å². The van der Waals surface area contributed by atoms with Gasteiger partial charge < -0.3 is 14.8 Å². The fourth-order valence-electron chi connectivity index (χ4n) is 2.03. The average Bonchev–Trinajstić information content (AvgIpc) is 2.90. The minimum atomic E-state index is -0.0307. The van der Waals surface area contributed by atoms with E-state index < -0.39 is 0 Å². The number of pyridine rings is 1. The summed E-state index contributed by atoms with van der Waals surface area (Å²) in [7, 11) is 1.53. The normalized spacial score (nSPS) is 18.6. The first-order chi connectivity index (χ1) is 8.79. The molecule has 0 aliphatic carbocycles. The summed E-state index contributed by atoms with van der Waals surface area (Å²) in [6.45, 7) is 0.822. The lowest BCUT2D eigenvalue weighted by Crippen LogP contribution is -2.15. The van der Waals surface area contributed by atoms with Crippen molar-refractivity contribution in [2.24, 2.45) is 0 Å². The van der Waals surface area contributed by atoms with E-state index in [0.29, 0.717) is 18.0 Å². The van der Waals surface area contributed by atoms with Crippen molar-refractivity contribution in [2.75, 3.05) is 19.0 Å². The molecule has 5 nitrogen and oxygen atoms in total. The largest absolute Gasteiger partial charge is 0.480 e. The molecule has 5 heteroatoms. The van der Waals surface area contributed by atoms with Crippen LogP contribution in [0.15, 0.2) is 18.3 Å². The molecule has 0 saturated carbocycles. The van der Waals surface area contributed by atoms with Gasteiger partial charge in [0.2, 0.25) is 11.8 Å². The summed E-state index contributed by atoms with van der Waals surface area (Å²) < 4.78 is 10.6. The molecule has 0 unspecified atom stereocenters. The van der Waals surface area contributed by atoms with Crippen LogP contribution in [-0.2, 0) is 9.53 Å². The number of nitrogens with one attached hydrogen (secondary N) is 1. The van der Waals surface area contributed by atoms with E-state index in [9.17, 15) is 4.79 Å². The second kappa shape index (κ2) is 6.35. The molecule has 1 aliphatic rings. The molecule has 1 N–H and O–H groups in total. The lowest BCUT2D eigenvalue weighted by Gasteiger charge is -2.10. The van der Waals surface area contributed by atoms with E-state index in [-0.39, 0.29) is 12.0 Å². The molecule has 18 heavy (non-hydrogen) atoms. The molecule has 1 atom stereocenters. The minimum absolute atomic E-state index is 0.0307. The van der Waals surface area contributed by atoms with Crippen molar-refractivity contribution >= 4 is 11.6 Å². The summed E-state index contributed by atoms with van der Waals surface area (Å²) in [5.74, 6) is 0.403. The molecule has 1 aromatic rings. The molecular weight excluding hydrogens is 232 g/mol. The highest BCUT2D eigenvalue weighted by atomic mass is 16.5. The third kappa shape index (κ3) is 3.43. The third-order valence-electron chi connectivity index (χ3n) is 2.96. The second-order valence-electron chi connectivity index (χ2n) is 4.28. The molecule has 1 aromatic heterocycles. The number of carbonyl (C=O) groups excluding carboxylic acids is 1. The van der Waals surface area contributed by atoms with Crippen LogP contribution in [0.25, 0.3) is 0 Å². The molecule has 1 fully saturated rings. The number of ether oxygens (including phenoxy) is 2. The Bertz CT molecular complexity index is 403. The Morgan fingerprint density at radius 3 is 3.28 bits per heavy atom. The zero-order chi connectivity index (χ0) is 12.8. The van der Waals surface area contributed by atoms with E-state index in [0.717, 1.165) is 25.9 Å². The summed E-state index contributed by atoms with van der Waals surface area (Å²) in [5, 5.41) is 2.80. The van der Waals surface area contributed by atoms with Crippen molar-refractivity contribution in [3.8, 4) is 5.88 Å². The molecule has 0 spiro atoms. The lowest BCUT2D eigenvalue weighted by molar-refractivity contribution is -0.116. The van der Waals surface area contributed by atoms with Gasteiger partial charge in [0.15, 0.2) is 0 Å². The molecule has 2 heterocycles. The minimum Gasteiger partial charge on any atom is -0.480 e. The van der Waals surface area contributed by atoms with Gasteiger partial charge in [-0.15, -0.1) is 0 Å². The number of aromatic nitrogens is 1. The van der Waals surface area contributed by atoms with Gasteiger partial charge in [-0.2, -0.15) is 0 Å². The molecule has 0 aromatic carbocycles. The monoisotopic (exact) mass is 250 g/mol. The topological polar surface area (TPSA) is 60.5 Å². The molecular formula is C13H18N2O3. The lowest BCUT2D eigenvalue weighted by atomic mass is 10.1. The quantitative estimate of drug-likeness (QED) is 0.868. The zero-order valence-corrected chi connectivity index (χ0v) is 10.5. The highest BCUT2D eigenvalue weighted by molar-refractivity contribution is 5.91. The second-order valence-corrected chi connectivity index (χ2v) is 4.28. The zero-order valence-electron chi connectivity index (χ0n) is 10.5. The van der Waals surface area contributed by atoms with Crippen LogP contribution in [0.2, 0.25) is 0 Å². The van der Waals surface area contributed by atoms with Crippen LogP contribution < -0.4 is 10.1 Å². The van der Waals surface area contributed by atoms with E-state index in [4.69, 9.17) is 9.47 Å². The van der Waals surface area contributed by atoms with Crippen LogP contribution in [0.1, 0.15) is 25.7 Å². The van der Waals surface area contributed by atoms with Gasteiger partial charge in [0.05, 0.1) is 13.2 Å². The standard InChI is InChI=1S/C13H18N2O3/c1-17-13-11(5-2-8-14-13)15-12(16)7-6-10-4-3-9-18-10/h2,5,8,10H,3-4,6-7,9H2,1H3,(H,15,16)/t10-/m1/s1. The molecule has 1 saturated heterocycles. The van der Waals surface area contributed by atoms with Crippen molar-refractivity contribution in [2.45, 2.75) is 31.8 Å². The van der Waals surface area contributed by atoms with Crippen LogP contribution in [0, 0.1) is 0 Å². The Morgan fingerprint density at radius 1 is 1.67 bits per heavy atom. The van der Waals surface area contributed by atoms with Crippen molar-refractivity contribution in [1.82, 2.24) is 4.98 Å². The summed E-state index contributed by atoms with van der Waals surface area (Å²) in [6.07, 6.45) is 5.26. The van der Waals surface area contributed by atoms with Gasteiger partial charge in [0.1, 0.15) is 5.69 Å². The van der Waals surface area contributed by atoms with Gasteiger partial charge in [-0.05, 0) is 31.4 Å². The first kappa shape index (κ1) is 12.8. The number of hydrogen-bond acceptors (Lipinski definition) is 4. The number of carbonyl (C=O) groups is 1. The smallest absolute Gasteiger partial charge is 0.237 e. The van der Waals surface area contributed by atoms with E-state index in [1.54, 1.807) is 18.3 Å². The summed E-state index contributed by atoms with van der Waals surface area (Å²) in [5.41, 5.74) is 0.609. The van der Waals surface area contributed by atoms with Crippen LogP contribution in [0.3, 0.4) is 0 Å². The first-order valence-electron chi connectivity index (χ1n) is 6.20. The van der Waals surface area contributed by atoms with Crippen molar-refractivity contribution in [1.29, 1.82) is 0 Å². The Kier molecular flexibility index (Phi) is 4.52. The molecule has 2 rings (SSSR count). The number of amides is 1. The van der Waals surface area contributed by atoms with Crippen LogP contribution in [0.4, 0.5) is 5.69 Å². The van der Waals surface area contributed by atoms with E-state index in [1.807, 2.05) is 0 Å². The van der Waals surface area contributed by atoms with Crippen LogP contribution in [0.5, 0.6) is 5.88 Å². The average molecular weight is 250 g/mol. The fraction of sp³-hybridized carbons (Fsp3) is 0.538. The number of hydrogen-bond donors (Lipinski definition) is 1. The maximum absolute atomic E-state index is 11.8. The van der Waals surface area contributed by atoms with Gasteiger partial charge in [0.25, 0.3) is 0 Å². The summed E-state index contributed by atoms with van der Waals surface area (Å²) >= 11 is 0. The Balaban J connectivity index is 1.82. The predicted octanol–water partition coefficient (Wildman–Crippen LogP) is 1.99. The van der Waals surface area contributed by atoms with Gasteiger partial charge >= 0.3 is 0 Å². The molecule has 1 amide bonds. The Labute approximate surface area is 107 Å². The molecule has 98 valence electrons. The number of nitrogens with zero attached hydrogens (tertiary/aromatic N) is 1. The third-order valence-corrected chi connectivity index (χ3v) is 2.96. The SMILES string of the molecule is COc1ncccc1NC(=O)CC[C@H]1CCCO1. The van der Waals surface area contributed by atoms with Crippen molar-refractivity contribution in [3.05, 3.63) is 18.3 Å². The Hall–Kier alpha value is -1.62. The number of rotatable bonds is 5. The number of methoxy groups -OCH3 is 1. The summed E-state index contributed by atoms with van der Waals surface area (Å²) in [6, 6.07) is 3.54. The van der Waals surface area contributed by atoms with E-state index in [2.05, 4.69) is 10.3 Å². The molecule has 1 aliphatic heterocycles. The van der Waals surface area contributed by atoms with E-state index >= 15 is 0 Å². The number of anilines is 1. The maximum Gasteiger partial charge on any atom is 0.237 e. The highest BCUT2D eigenvalue weighted by Crippen LogP contribution is 2.21. The van der Waals surface area contributed by atoms with Crippen molar-refractivity contribution < 1.29 is 14.3 Å². The maximum atomic E-state index is 11.8. The van der Waals surface area contributed by atoms with E-state index in [1.165, 1.54) is 7.11 Å². The first-order valence-corrected chi connectivity index (χ1v) is 6.20. The Morgan fingerprint density at radius 2 is 2.56 bits per heavy atom. The highest BCUT2D eigenvalue weighted by Gasteiger charge is 2.17. The molecule has 0 radical (unpaired) electrons. The van der Waals surface area contributed by atoms with Gasteiger partial charge in [-0.3, -0.25) is 4.79 Å². The summed E-state index contributed by atoms with van der Waals surface area (Å²) in [4.78, 5) is 15.8. The molecule has 0 bridgehead atoms.